The number of allylic oxidation sites excluding steroid dienone is 1. The maximum Gasteiger partial charge on any atom is 0.207 e. The molecule has 2 aromatic carbocycles. The lowest BCUT2D eigenvalue weighted by Gasteiger charge is -2.24. The van der Waals surface area contributed by atoms with E-state index < -0.39 is 0 Å². The molecule has 3 aromatic rings. The molecule has 7 heteroatoms. The molecule has 0 amide bonds. The summed E-state index contributed by atoms with van der Waals surface area (Å²) in [4.78, 5) is 15.4. The van der Waals surface area contributed by atoms with Crippen LogP contribution in [0.25, 0.3) is 27.8 Å². The first-order valence-electron chi connectivity index (χ1n) is 9.37. The number of hydrogen-bond acceptors (Lipinski definition) is 7. The number of nitrogens with zero attached hydrogens (tertiary/aromatic N) is 3. The summed E-state index contributed by atoms with van der Waals surface area (Å²) in [5.74, 6) is 0.278. The van der Waals surface area contributed by atoms with E-state index in [1.54, 1.807) is 20.3 Å². The average Bonchev–Trinajstić information content (AvgIpc) is 2.78. The lowest BCUT2D eigenvalue weighted by atomic mass is 10.0. The number of fused-ring (bicyclic) bond motifs is 3. The quantitative estimate of drug-likeness (QED) is 0.419. The maximum atomic E-state index is 13.6. The first-order valence-corrected chi connectivity index (χ1v) is 9.37. The molecule has 0 radical (unpaired) electrons. The Bertz CT molecular complexity index is 1210. The average molecular weight is 403 g/mol. The molecule has 0 aliphatic heterocycles. The molecule has 1 heterocycles. The molecule has 3 rings (SSSR count). The smallest absolute Gasteiger partial charge is 0.207 e. The minimum atomic E-state index is -0.300. The minimum Gasteiger partial charge on any atom is -0.440 e. The van der Waals surface area contributed by atoms with Crippen molar-refractivity contribution in [3.05, 3.63) is 57.8 Å². The number of nitriles is 2. The molecule has 0 spiro atoms. The van der Waals surface area contributed by atoms with E-state index in [1.807, 2.05) is 47.4 Å². The molecule has 0 aliphatic carbocycles. The third-order valence-corrected chi connectivity index (χ3v) is 4.75. The summed E-state index contributed by atoms with van der Waals surface area (Å²) in [5.41, 5.74) is 0.109. The topological polar surface area (TPSA) is 99.5 Å². The summed E-state index contributed by atoms with van der Waals surface area (Å²) in [6.45, 7) is 1.68. The first-order chi connectivity index (χ1) is 14.6. The minimum absolute atomic E-state index is 0.157. The predicted molar refractivity (Wildman–Crippen MR) is 115 cm³/mol. The zero-order valence-electron chi connectivity index (χ0n) is 16.8. The van der Waals surface area contributed by atoms with Crippen molar-refractivity contribution in [3.8, 4) is 12.1 Å². The largest absolute Gasteiger partial charge is 0.440 e. The SMILES string of the molecule is COCCN(CCOC)c1oc2ccc3ccccc3c2c(=O)c1C=C(C#N)C#N. The van der Waals surface area contributed by atoms with E-state index in [4.69, 9.17) is 13.9 Å². The van der Waals surface area contributed by atoms with Gasteiger partial charge in [0.25, 0.3) is 0 Å². The van der Waals surface area contributed by atoms with Crippen molar-refractivity contribution in [1.82, 2.24) is 0 Å². The van der Waals surface area contributed by atoms with Gasteiger partial charge in [0.1, 0.15) is 23.3 Å². The number of benzene rings is 2. The molecule has 0 aliphatic rings. The summed E-state index contributed by atoms with van der Waals surface area (Å²) in [6, 6.07) is 14.8. The zero-order chi connectivity index (χ0) is 21.5. The van der Waals surface area contributed by atoms with Gasteiger partial charge in [-0.3, -0.25) is 4.79 Å². The second-order valence-electron chi connectivity index (χ2n) is 6.56. The fraction of sp³-hybridized carbons (Fsp3) is 0.261. The van der Waals surface area contributed by atoms with E-state index in [0.717, 1.165) is 10.8 Å². The molecule has 1 aromatic heterocycles. The molecule has 0 saturated carbocycles. The van der Waals surface area contributed by atoms with Crippen molar-refractivity contribution in [2.45, 2.75) is 0 Å². The fourth-order valence-corrected chi connectivity index (χ4v) is 3.28. The van der Waals surface area contributed by atoms with Crippen LogP contribution in [0.2, 0.25) is 0 Å². The van der Waals surface area contributed by atoms with Crippen molar-refractivity contribution >= 4 is 33.7 Å². The highest BCUT2D eigenvalue weighted by molar-refractivity contribution is 6.06. The van der Waals surface area contributed by atoms with Crippen LogP contribution in [-0.4, -0.2) is 40.5 Å². The van der Waals surface area contributed by atoms with Crippen molar-refractivity contribution < 1.29 is 13.9 Å². The van der Waals surface area contributed by atoms with Gasteiger partial charge < -0.3 is 18.8 Å². The van der Waals surface area contributed by atoms with Gasteiger partial charge in [-0.15, -0.1) is 0 Å². The van der Waals surface area contributed by atoms with Gasteiger partial charge in [0.2, 0.25) is 11.3 Å². The van der Waals surface area contributed by atoms with E-state index >= 15 is 0 Å². The molecular weight excluding hydrogens is 382 g/mol. The van der Waals surface area contributed by atoms with E-state index in [-0.39, 0.29) is 22.4 Å². The zero-order valence-corrected chi connectivity index (χ0v) is 16.8. The number of rotatable bonds is 8. The van der Waals surface area contributed by atoms with Crippen LogP contribution in [0.15, 0.2) is 51.2 Å². The molecule has 0 fully saturated rings. The highest BCUT2D eigenvalue weighted by Gasteiger charge is 2.20. The van der Waals surface area contributed by atoms with Crippen LogP contribution >= 0.6 is 0 Å². The predicted octanol–water partition coefficient (Wildman–Crippen LogP) is 3.48. The Balaban J connectivity index is 2.36. The molecule has 0 atom stereocenters. The highest BCUT2D eigenvalue weighted by Crippen LogP contribution is 2.29. The van der Waals surface area contributed by atoms with E-state index in [2.05, 4.69) is 0 Å². The lowest BCUT2D eigenvalue weighted by Crippen LogP contribution is -2.32. The molecule has 0 saturated heterocycles. The van der Waals surface area contributed by atoms with Crippen molar-refractivity contribution in [2.75, 3.05) is 45.4 Å². The third kappa shape index (κ3) is 4.18. The Morgan fingerprint density at radius 1 is 1.07 bits per heavy atom. The Morgan fingerprint density at radius 3 is 2.37 bits per heavy atom. The Labute approximate surface area is 173 Å². The Morgan fingerprint density at radius 2 is 1.73 bits per heavy atom. The van der Waals surface area contributed by atoms with Gasteiger partial charge in [0.15, 0.2) is 0 Å². The van der Waals surface area contributed by atoms with Gasteiger partial charge in [0, 0.05) is 27.3 Å². The molecule has 0 unspecified atom stereocenters. The van der Waals surface area contributed by atoms with Crippen LogP contribution in [0.3, 0.4) is 0 Å². The third-order valence-electron chi connectivity index (χ3n) is 4.75. The summed E-state index contributed by atoms with van der Waals surface area (Å²) in [6.07, 6.45) is 1.29. The number of ether oxygens (including phenoxy) is 2. The molecule has 152 valence electrons. The molecule has 30 heavy (non-hydrogen) atoms. The van der Waals surface area contributed by atoms with E-state index in [1.165, 1.54) is 6.08 Å². The summed E-state index contributed by atoms with van der Waals surface area (Å²) in [7, 11) is 3.17. The number of hydrogen-bond donors (Lipinski definition) is 0. The van der Waals surface area contributed by atoms with Crippen LogP contribution in [0, 0.1) is 22.7 Å². The van der Waals surface area contributed by atoms with Gasteiger partial charge in [-0.2, -0.15) is 10.5 Å². The molecule has 0 bridgehead atoms. The first kappa shape index (κ1) is 21.1. The van der Waals surface area contributed by atoms with Gasteiger partial charge in [-0.25, -0.2) is 0 Å². The van der Waals surface area contributed by atoms with Crippen LogP contribution in [0.1, 0.15) is 5.56 Å². The van der Waals surface area contributed by atoms with Gasteiger partial charge in [-0.05, 0) is 22.9 Å². The molecular formula is C23H21N3O4. The summed E-state index contributed by atoms with van der Waals surface area (Å²) >= 11 is 0. The van der Waals surface area contributed by atoms with Crippen LogP contribution < -0.4 is 10.3 Å². The summed E-state index contributed by atoms with van der Waals surface area (Å²) < 4.78 is 16.6. The fourth-order valence-electron chi connectivity index (χ4n) is 3.28. The standard InChI is InChI=1S/C23H21N3O4/c1-28-11-9-26(10-12-29-2)23-19(13-16(14-24)15-25)22(27)21-18-6-4-3-5-17(18)7-8-20(21)30-23/h3-8,13H,9-12H2,1-2H3. The van der Waals surface area contributed by atoms with Crippen molar-refractivity contribution in [2.24, 2.45) is 0 Å². The maximum absolute atomic E-state index is 13.6. The monoisotopic (exact) mass is 403 g/mol. The lowest BCUT2D eigenvalue weighted by molar-refractivity contribution is 0.188. The second kappa shape index (κ2) is 9.71. The van der Waals surface area contributed by atoms with E-state index in [0.29, 0.717) is 37.3 Å². The normalized spacial score (nSPS) is 10.5. The van der Waals surface area contributed by atoms with Crippen LogP contribution in [0.5, 0.6) is 0 Å². The Hall–Kier alpha value is -3.65. The van der Waals surface area contributed by atoms with Crippen molar-refractivity contribution in [3.63, 3.8) is 0 Å². The van der Waals surface area contributed by atoms with Gasteiger partial charge in [-0.1, -0.05) is 30.3 Å². The molecule has 0 N–H and O–H groups in total. The summed E-state index contributed by atoms with van der Waals surface area (Å²) in [5, 5.41) is 20.6. The Kier molecular flexibility index (Phi) is 6.82. The van der Waals surface area contributed by atoms with Gasteiger partial charge >= 0.3 is 0 Å². The number of methoxy groups -OCH3 is 2. The van der Waals surface area contributed by atoms with Crippen LogP contribution in [-0.2, 0) is 9.47 Å². The second-order valence-corrected chi connectivity index (χ2v) is 6.56. The van der Waals surface area contributed by atoms with E-state index in [9.17, 15) is 15.3 Å². The van der Waals surface area contributed by atoms with Crippen LogP contribution in [0.4, 0.5) is 5.88 Å². The highest BCUT2D eigenvalue weighted by atomic mass is 16.5. The van der Waals surface area contributed by atoms with Crippen molar-refractivity contribution in [1.29, 1.82) is 10.5 Å². The molecule has 7 nitrogen and oxygen atoms in total. The number of anilines is 1. The van der Waals surface area contributed by atoms with Gasteiger partial charge in [0.05, 0.1) is 24.2 Å².